The fourth-order valence-electron chi connectivity index (χ4n) is 2.36. The van der Waals surface area contributed by atoms with Crippen LogP contribution in [0.5, 0.6) is 0 Å². The van der Waals surface area contributed by atoms with E-state index in [1.54, 1.807) is 4.68 Å². The summed E-state index contributed by atoms with van der Waals surface area (Å²) in [6, 6.07) is 4.15. The number of carbonyl (C=O) groups is 1. The highest BCUT2D eigenvalue weighted by molar-refractivity contribution is 9.10. The molecule has 0 aliphatic heterocycles. The van der Waals surface area contributed by atoms with Crippen molar-refractivity contribution in [1.82, 2.24) is 15.0 Å². The first-order valence-electron chi connectivity index (χ1n) is 6.74. The molecule has 0 aliphatic rings. The predicted molar refractivity (Wildman–Crippen MR) is 82.5 cm³/mol. The third-order valence-electron chi connectivity index (χ3n) is 3.29. The monoisotopic (exact) mass is 335 g/mol. The summed E-state index contributed by atoms with van der Waals surface area (Å²) in [5.74, 6) is 0.0361. The SMILES string of the molecule is CCC(=O)c1nnn(-c2c(C)cc(C)cc2Br)c1CC. The number of benzene rings is 1. The number of Topliss-reactive ketones (excluding diaryl/α,β-unsaturated/α-hetero) is 1. The second-order valence-corrected chi connectivity index (χ2v) is 5.69. The van der Waals surface area contributed by atoms with Crippen LogP contribution in [0, 0.1) is 13.8 Å². The van der Waals surface area contributed by atoms with Gasteiger partial charge in [-0.2, -0.15) is 0 Å². The molecule has 4 nitrogen and oxygen atoms in total. The van der Waals surface area contributed by atoms with E-state index in [2.05, 4.69) is 39.2 Å². The lowest BCUT2D eigenvalue weighted by Crippen LogP contribution is -2.08. The van der Waals surface area contributed by atoms with E-state index in [1.807, 2.05) is 26.8 Å². The van der Waals surface area contributed by atoms with Crippen LogP contribution in [0.15, 0.2) is 16.6 Å². The summed E-state index contributed by atoms with van der Waals surface area (Å²) in [4.78, 5) is 11.9. The molecule has 0 aliphatic carbocycles. The summed E-state index contributed by atoms with van der Waals surface area (Å²) >= 11 is 3.59. The van der Waals surface area contributed by atoms with Crippen LogP contribution < -0.4 is 0 Å². The van der Waals surface area contributed by atoms with Crippen LogP contribution in [0.2, 0.25) is 0 Å². The average molecular weight is 336 g/mol. The second-order valence-electron chi connectivity index (χ2n) is 4.84. The van der Waals surface area contributed by atoms with Crippen molar-refractivity contribution in [1.29, 1.82) is 0 Å². The van der Waals surface area contributed by atoms with Crippen LogP contribution in [0.3, 0.4) is 0 Å². The molecule has 2 aromatic rings. The van der Waals surface area contributed by atoms with Gasteiger partial charge in [0.25, 0.3) is 0 Å². The third kappa shape index (κ3) is 2.54. The fraction of sp³-hybridized carbons (Fsp3) is 0.400. The van der Waals surface area contributed by atoms with Gasteiger partial charge < -0.3 is 0 Å². The molecule has 0 atom stereocenters. The van der Waals surface area contributed by atoms with Crippen LogP contribution in [-0.4, -0.2) is 20.8 Å². The Kier molecular flexibility index (Phi) is 4.38. The van der Waals surface area contributed by atoms with E-state index in [1.165, 1.54) is 5.56 Å². The Hall–Kier alpha value is -1.49. The van der Waals surface area contributed by atoms with Crippen molar-refractivity contribution in [3.63, 3.8) is 0 Å². The topological polar surface area (TPSA) is 47.8 Å². The van der Waals surface area contributed by atoms with Gasteiger partial charge in [-0.3, -0.25) is 4.79 Å². The molecule has 0 spiro atoms. The van der Waals surface area contributed by atoms with Crippen molar-refractivity contribution in [2.24, 2.45) is 0 Å². The van der Waals surface area contributed by atoms with Crippen LogP contribution in [0.4, 0.5) is 0 Å². The molecule has 0 N–H and O–H groups in total. The van der Waals surface area contributed by atoms with Crippen LogP contribution in [0.1, 0.15) is 47.6 Å². The summed E-state index contributed by atoms with van der Waals surface area (Å²) in [7, 11) is 0. The molecule has 2 rings (SSSR count). The number of aromatic nitrogens is 3. The normalized spacial score (nSPS) is 10.8. The van der Waals surface area contributed by atoms with E-state index in [-0.39, 0.29) is 5.78 Å². The maximum atomic E-state index is 11.9. The van der Waals surface area contributed by atoms with Gasteiger partial charge in [0.15, 0.2) is 11.5 Å². The van der Waals surface area contributed by atoms with Gasteiger partial charge in [-0.15, -0.1) is 5.10 Å². The van der Waals surface area contributed by atoms with E-state index < -0.39 is 0 Å². The Morgan fingerprint density at radius 1 is 1.30 bits per heavy atom. The Balaban J connectivity index is 2.65. The number of nitrogens with zero attached hydrogens (tertiary/aromatic N) is 3. The average Bonchev–Trinajstić information content (AvgIpc) is 2.80. The molecule has 0 saturated heterocycles. The van der Waals surface area contributed by atoms with Gasteiger partial charge in [0.1, 0.15) is 0 Å². The summed E-state index contributed by atoms with van der Waals surface area (Å²) < 4.78 is 2.74. The van der Waals surface area contributed by atoms with Gasteiger partial charge in [0, 0.05) is 10.9 Å². The van der Waals surface area contributed by atoms with Gasteiger partial charge in [0.05, 0.1) is 11.4 Å². The molecule has 5 heteroatoms. The molecule has 0 radical (unpaired) electrons. The molecular formula is C15H18BrN3O. The summed E-state index contributed by atoms with van der Waals surface area (Å²) in [6.07, 6.45) is 1.16. The Morgan fingerprint density at radius 3 is 2.55 bits per heavy atom. The van der Waals surface area contributed by atoms with Gasteiger partial charge in [-0.25, -0.2) is 4.68 Å². The molecule has 0 amide bonds. The minimum atomic E-state index is 0.0361. The van der Waals surface area contributed by atoms with E-state index in [0.717, 1.165) is 21.4 Å². The summed E-state index contributed by atoms with van der Waals surface area (Å²) in [6.45, 7) is 7.94. The smallest absolute Gasteiger partial charge is 0.184 e. The minimum Gasteiger partial charge on any atom is -0.292 e. The highest BCUT2D eigenvalue weighted by Gasteiger charge is 2.20. The molecule has 1 aromatic heterocycles. The van der Waals surface area contributed by atoms with Gasteiger partial charge in [-0.05, 0) is 53.4 Å². The zero-order valence-corrected chi connectivity index (χ0v) is 13.8. The Labute approximate surface area is 127 Å². The lowest BCUT2D eigenvalue weighted by atomic mass is 10.1. The standard InChI is InChI=1S/C15H18BrN3O/c1-5-12-14(13(20)6-2)17-18-19(12)15-10(4)7-9(3)8-11(15)16/h7-8H,5-6H2,1-4H3. The number of ketones is 1. The Morgan fingerprint density at radius 2 is 2.00 bits per heavy atom. The number of halogens is 1. The lowest BCUT2D eigenvalue weighted by Gasteiger charge is -2.12. The van der Waals surface area contributed by atoms with Crippen molar-refractivity contribution in [2.75, 3.05) is 0 Å². The number of hydrogen-bond donors (Lipinski definition) is 0. The zero-order valence-electron chi connectivity index (χ0n) is 12.2. The van der Waals surface area contributed by atoms with E-state index in [0.29, 0.717) is 18.5 Å². The van der Waals surface area contributed by atoms with Gasteiger partial charge in [0.2, 0.25) is 0 Å². The second kappa shape index (κ2) is 5.87. The molecule has 0 fully saturated rings. The van der Waals surface area contributed by atoms with Crippen LogP contribution in [0.25, 0.3) is 5.69 Å². The van der Waals surface area contributed by atoms with Crippen molar-refractivity contribution in [2.45, 2.75) is 40.5 Å². The predicted octanol–water partition coefficient (Wildman–Crippen LogP) is 3.80. The quantitative estimate of drug-likeness (QED) is 0.798. The van der Waals surface area contributed by atoms with Crippen molar-refractivity contribution in [3.05, 3.63) is 39.1 Å². The zero-order chi connectivity index (χ0) is 14.9. The molecular weight excluding hydrogens is 318 g/mol. The molecule has 1 aromatic carbocycles. The number of aryl methyl sites for hydroxylation is 2. The van der Waals surface area contributed by atoms with Crippen molar-refractivity contribution in [3.8, 4) is 5.69 Å². The van der Waals surface area contributed by atoms with E-state index in [4.69, 9.17) is 0 Å². The molecule has 0 unspecified atom stereocenters. The molecule has 1 heterocycles. The van der Waals surface area contributed by atoms with Gasteiger partial charge in [-0.1, -0.05) is 25.1 Å². The fourth-order valence-corrected chi connectivity index (χ4v) is 3.20. The molecule has 106 valence electrons. The lowest BCUT2D eigenvalue weighted by molar-refractivity contribution is 0.0982. The number of carbonyl (C=O) groups excluding carboxylic acids is 1. The van der Waals surface area contributed by atoms with Crippen LogP contribution in [-0.2, 0) is 6.42 Å². The Bertz CT molecular complexity index is 638. The van der Waals surface area contributed by atoms with E-state index in [9.17, 15) is 4.79 Å². The first kappa shape index (κ1) is 14.9. The van der Waals surface area contributed by atoms with Gasteiger partial charge >= 0.3 is 0 Å². The maximum Gasteiger partial charge on any atom is 0.184 e. The van der Waals surface area contributed by atoms with Crippen molar-refractivity contribution < 1.29 is 4.79 Å². The number of rotatable bonds is 4. The summed E-state index contributed by atoms with van der Waals surface area (Å²) in [5.41, 5.74) is 4.59. The molecule has 0 bridgehead atoms. The first-order valence-corrected chi connectivity index (χ1v) is 7.53. The highest BCUT2D eigenvalue weighted by atomic mass is 79.9. The third-order valence-corrected chi connectivity index (χ3v) is 3.90. The van der Waals surface area contributed by atoms with E-state index >= 15 is 0 Å². The number of hydrogen-bond acceptors (Lipinski definition) is 3. The van der Waals surface area contributed by atoms with Crippen LogP contribution >= 0.6 is 15.9 Å². The minimum absolute atomic E-state index is 0.0361. The summed E-state index contributed by atoms with van der Waals surface area (Å²) in [5, 5.41) is 8.27. The van der Waals surface area contributed by atoms with Crippen molar-refractivity contribution >= 4 is 21.7 Å². The highest BCUT2D eigenvalue weighted by Crippen LogP contribution is 2.27. The maximum absolute atomic E-state index is 11.9. The molecule has 0 saturated carbocycles. The first-order chi connectivity index (χ1) is 9.49. The largest absolute Gasteiger partial charge is 0.292 e. The molecule has 20 heavy (non-hydrogen) atoms.